The Balaban J connectivity index is 2.51. The fourth-order valence-electron chi connectivity index (χ4n) is 1.89. The molecule has 0 saturated carbocycles. The van der Waals surface area contributed by atoms with Gasteiger partial charge in [0, 0.05) is 13.1 Å². The zero-order valence-corrected chi connectivity index (χ0v) is 13.6. The molecule has 21 heavy (non-hydrogen) atoms. The van der Waals surface area contributed by atoms with Crippen LogP contribution in [0.3, 0.4) is 0 Å². The highest BCUT2D eigenvalue weighted by Gasteiger charge is 2.21. The van der Waals surface area contributed by atoms with Gasteiger partial charge in [0.25, 0.3) is 0 Å². The average Bonchev–Trinajstić information content (AvgIpc) is 2.72. The maximum Gasteiger partial charge on any atom is 0.348 e. The van der Waals surface area contributed by atoms with E-state index in [1.807, 2.05) is 20.8 Å². The zero-order chi connectivity index (χ0) is 15.6. The number of halogens is 1. The van der Waals surface area contributed by atoms with Crippen LogP contribution in [-0.2, 0) is 4.74 Å². The lowest BCUT2D eigenvalue weighted by Gasteiger charge is -2.07. The molecule has 0 bridgehead atoms. The molecule has 0 aromatic carbocycles. The Morgan fingerprint density at radius 3 is 2.81 bits per heavy atom. The van der Waals surface area contributed by atoms with Gasteiger partial charge in [-0.05, 0) is 37.9 Å². The molecule has 2 rings (SSSR count). The smallest absolute Gasteiger partial charge is 0.348 e. The SMILES string of the molecule is Cc1c(C(=O)OC(C)C)sc2nc(Cl)nc(NCCN)c12. The van der Waals surface area contributed by atoms with Crippen molar-refractivity contribution < 1.29 is 9.53 Å². The van der Waals surface area contributed by atoms with Gasteiger partial charge >= 0.3 is 5.97 Å². The Bertz CT molecular complexity index is 672. The first kappa shape index (κ1) is 15.9. The molecule has 0 aliphatic heterocycles. The number of carbonyl (C=O) groups is 1. The lowest BCUT2D eigenvalue weighted by molar-refractivity contribution is 0.0383. The van der Waals surface area contributed by atoms with Gasteiger partial charge in [-0.1, -0.05) is 0 Å². The fourth-order valence-corrected chi connectivity index (χ4v) is 3.18. The minimum Gasteiger partial charge on any atom is -0.459 e. The van der Waals surface area contributed by atoms with Crippen molar-refractivity contribution in [3.8, 4) is 0 Å². The van der Waals surface area contributed by atoms with E-state index in [2.05, 4.69) is 15.3 Å². The van der Waals surface area contributed by atoms with E-state index in [1.54, 1.807) is 0 Å². The van der Waals surface area contributed by atoms with Gasteiger partial charge in [0.05, 0.1) is 11.5 Å². The summed E-state index contributed by atoms with van der Waals surface area (Å²) in [5.41, 5.74) is 6.28. The molecule has 114 valence electrons. The third kappa shape index (κ3) is 3.42. The van der Waals surface area contributed by atoms with E-state index in [0.29, 0.717) is 28.6 Å². The number of ether oxygens (including phenoxy) is 1. The van der Waals surface area contributed by atoms with Crippen LogP contribution in [0.25, 0.3) is 10.2 Å². The van der Waals surface area contributed by atoms with Crippen LogP contribution in [0.5, 0.6) is 0 Å². The molecule has 0 unspecified atom stereocenters. The molecule has 0 atom stereocenters. The average molecular weight is 329 g/mol. The largest absolute Gasteiger partial charge is 0.459 e. The van der Waals surface area contributed by atoms with E-state index in [4.69, 9.17) is 22.1 Å². The predicted octanol–water partition coefficient (Wildman–Crippen LogP) is 2.59. The van der Waals surface area contributed by atoms with Gasteiger partial charge in [-0.15, -0.1) is 11.3 Å². The Labute approximate surface area is 131 Å². The number of nitrogens with one attached hydrogen (secondary N) is 1. The van der Waals surface area contributed by atoms with Crippen LogP contribution >= 0.6 is 22.9 Å². The summed E-state index contributed by atoms with van der Waals surface area (Å²) in [4.78, 5) is 21.7. The van der Waals surface area contributed by atoms with E-state index in [0.717, 1.165) is 10.9 Å². The molecular formula is C13H17ClN4O2S. The highest BCUT2D eigenvalue weighted by Crippen LogP contribution is 2.35. The van der Waals surface area contributed by atoms with E-state index < -0.39 is 0 Å². The van der Waals surface area contributed by atoms with E-state index in [9.17, 15) is 4.79 Å². The summed E-state index contributed by atoms with van der Waals surface area (Å²) in [6.07, 6.45) is -0.174. The number of carbonyl (C=O) groups excluding carboxylic acids is 1. The summed E-state index contributed by atoms with van der Waals surface area (Å²) in [7, 11) is 0. The first-order chi connectivity index (χ1) is 9.93. The standard InChI is InChI=1S/C13H17ClN4O2S/c1-6(2)20-12(19)9-7(3)8-10(16-5-4-15)17-13(14)18-11(8)21-9/h6H,4-5,15H2,1-3H3,(H,16,17,18). The van der Waals surface area contributed by atoms with Crippen molar-refractivity contribution in [2.45, 2.75) is 26.9 Å². The van der Waals surface area contributed by atoms with Gasteiger partial charge in [0.15, 0.2) is 0 Å². The van der Waals surface area contributed by atoms with Crippen LogP contribution in [0.2, 0.25) is 5.28 Å². The number of hydrogen-bond donors (Lipinski definition) is 2. The molecule has 0 fully saturated rings. The van der Waals surface area contributed by atoms with Gasteiger partial charge in [-0.2, -0.15) is 0 Å². The maximum absolute atomic E-state index is 12.1. The van der Waals surface area contributed by atoms with Gasteiger partial charge in [0.1, 0.15) is 15.5 Å². The number of anilines is 1. The summed E-state index contributed by atoms with van der Waals surface area (Å²) >= 11 is 7.18. The summed E-state index contributed by atoms with van der Waals surface area (Å²) in [6, 6.07) is 0. The summed E-state index contributed by atoms with van der Waals surface area (Å²) < 4.78 is 5.25. The van der Waals surface area contributed by atoms with E-state index in [-0.39, 0.29) is 17.4 Å². The Morgan fingerprint density at radius 1 is 1.48 bits per heavy atom. The van der Waals surface area contributed by atoms with Crippen LogP contribution in [0.15, 0.2) is 0 Å². The van der Waals surface area contributed by atoms with Gasteiger partial charge in [-0.25, -0.2) is 14.8 Å². The lowest BCUT2D eigenvalue weighted by Crippen LogP contribution is -2.14. The first-order valence-corrected chi connectivity index (χ1v) is 7.75. The van der Waals surface area contributed by atoms with Gasteiger partial charge < -0.3 is 15.8 Å². The van der Waals surface area contributed by atoms with Crippen molar-refractivity contribution in [2.75, 3.05) is 18.4 Å². The molecule has 2 aromatic heterocycles. The van der Waals surface area contributed by atoms with Crippen LogP contribution in [0.4, 0.5) is 5.82 Å². The topological polar surface area (TPSA) is 90.1 Å². The van der Waals surface area contributed by atoms with Crippen molar-refractivity contribution in [3.05, 3.63) is 15.7 Å². The quantitative estimate of drug-likeness (QED) is 0.647. The number of fused-ring (bicyclic) bond motifs is 1. The predicted molar refractivity (Wildman–Crippen MR) is 85.3 cm³/mol. The number of thiophene rings is 1. The molecule has 2 aromatic rings. The van der Waals surface area contributed by atoms with Crippen molar-refractivity contribution in [1.82, 2.24) is 9.97 Å². The molecule has 6 nitrogen and oxygen atoms in total. The van der Waals surface area contributed by atoms with Crippen LogP contribution in [0.1, 0.15) is 29.1 Å². The van der Waals surface area contributed by atoms with Gasteiger partial charge in [0.2, 0.25) is 5.28 Å². The number of hydrogen-bond acceptors (Lipinski definition) is 7. The van der Waals surface area contributed by atoms with Crippen molar-refractivity contribution in [3.63, 3.8) is 0 Å². The zero-order valence-electron chi connectivity index (χ0n) is 12.1. The van der Waals surface area contributed by atoms with Crippen LogP contribution < -0.4 is 11.1 Å². The second-order valence-electron chi connectivity index (χ2n) is 4.75. The lowest BCUT2D eigenvalue weighted by atomic mass is 10.2. The molecule has 8 heteroatoms. The Kier molecular flexibility index (Phi) is 4.97. The molecule has 0 aliphatic carbocycles. The Morgan fingerprint density at radius 2 is 2.19 bits per heavy atom. The Hall–Kier alpha value is -1.44. The number of aryl methyl sites for hydroxylation is 1. The normalized spacial score (nSPS) is 11.1. The highest BCUT2D eigenvalue weighted by atomic mass is 35.5. The summed E-state index contributed by atoms with van der Waals surface area (Å²) in [5, 5.41) is 4.02. The molecule has 0 aliphatic rings. The van der Waals surface area contributed by atoms with Crippen molar-refractivity contribution in [1.29, 1.82) is 0 Å². The molecule has 2 heterocycles. The maximum atomic E-state index is 12.1. The first-order valence-electron chi connectivity index (χ1n) is 6.55. The molecule has 0 spiro atoms. The molecular weight excluding hydrogens is 312 g/mol. The number of nitrogens with zero attached hydrogens (tertiary/aromatic N) is 2. The second-order valence-corrected chi connectivity index (χ2v) is 6.08. The second kappa shape index (κ2) is 6.55. The summed E-state index contributed by atoms with van der Waals surface area (Å²) in [6.45, 7) is 6.50. The van der Waals surface area contributed by atoms with Crippen molar-refractivity contribution >= 4 is 44.9 Å². The molecule has 0 amide bonds. The van der Waals surface area contributed by atoms with E-state index in [1.165, 1.54) is 11.3 Å². The number of aromatic nitrogens is 2. The van der Waals surface area contributed by atoms with Crippen LogP contribution in [0, 0.1) is 6.92 Å². The third-order valence-corrected chi connectivity index (χ3v) is 4.06. The molecule has 0 radical (unpaired) electrons. The van der Waals surface area contributed by atoms with Crippen LogP contribution in [-0.4, -0.2) is 35.1 Å². The molecule has 0 saturated heterocycles. The molecule has 3 N–H and O–H groups in total. The van der Waals surface area contributed by atoms with Crippen molar-refractivity contribution in [2.24, 2.45) is 5.73 Å². The number of rotatable bonds is 5. The summed E-state index contributed by atoms with van der Waals surface area (Å²) in [5.74, 6) is 0.235. The monoisotopic (exact) mass is 328 g/mol. The number of nitrogens with two attached hydrogens (primary N) is 1. The van der Waals surface area contributed by atoms with E-state index >= 15 is 0 Å². The highest BCUT2D eigenvalue weighted by molar-refractivity contribution is 7.20. The number of esters is 1. The third-order valence-electron chi connectivity index (χ3n) is 2.73. The fraction of sp³-hybridized carbons (Fsp3) is 0.462. The van der Waals surface area contributed by atoms with Gasteiger partial charge in [-0.3, -0.25) is 0 Å². The minimum absolute atomic E-state index is 0.132. The minimum atomic E-state index is -0.355.